The first-order chi connectivity index (χ1) is 8.60. The van der Waals surface area contributed by atoms with Crippen LogP contribution in [0.1, 0.15) is 32.4 Å². The Morgan fingerprint density at radius 1 is 1.56 bits per heavy atom. The van der Waals surface area contributed by atoms with Crippen molar-refractivity contribution in [1.82, 2.24) is 20.0 Å². The third-order valence-electron chi connectivity index (χ3n) is 2.74. The third kappa shape index (κ3) is 4.24. The predicted molar refractivity (Wildman–Crippen MR) is 82.6 cm³/mol. The molecule has 0 spiro atoms. The molecule has 1 heterocycles. The molecule has 0 saturated carbocycles. The van der Waals surface area contributed by atoms with Gasteiger partial charge in [-0.2, -0.15) is 5.10 Å². The van der Waals surface area contributed by atoms with Crippen molar-refractivity contribution in [1.29, 1.82) is 0 Å². The number of hydrogen-bond donors (Lipinski definition) is 1. The highest BCUT2D eigenvalue weighted by molar-refractivity contribution is 9.10. The van der Waals surface area contributed by atoms with Gasteiger partial charge < -0.3 is 10.2 Å². The van der Waals surface area contributed by atoms with Gasteiger partial charge in [0.15, 0.2) is 5.11 Å². The molecule has 0 unspecified atom stereocenters. The van der Waals surface area contributed by atoms with Crippen molar-refractivity contribution in [2.75, 3.05) is 13.6 Å². The molecular formula is C12H21BrN4S. The van der Waals surface area contributed by atoms with Crippen molar-refractivity contribution in [3.63, 3.8) is 0 Å². The fourth-order valence-electron chi connectivity index (χ4n) is 1.62. The molecule has 0 amide bonds. The molecule has 0 fully saturated rings. The lowest BCUT2D eigenvalue weighted by Crippen LogP contribution is -2.37. The van der Waals surface area contributed by atoms with Gasteiger partial charge in [0.1, 0.15) is 0 Å². The summed E-state index contributed by atoms with van der Waals surface area (Å²) in [7, 11) is 2.00. The summed E-state index contributed by atoms with van der Waals surface area (Å²) < 4.78 is 3.02. The van der Waals surface area contributed by atoms with Gasteiger partial charge in [-0.1, -0.05) is 13.3 Å². The van der Waals surface area contributed by atoms with Gasteiger partial charge >= 0.3 is 0 Å². The lowest BCUT2D eigenvalue weighted by molar-refractivity contribution is 0.455. The van der Waals surface area contributed by atoms with Gasteiger partial charge in [0, 0.05) is 20.1 Å². The standard InChI is InChI=1S/C12H21BrN4S/c1-4-6-7-14-12(18)16(3)9-11-10(13)8-15-17(11)5-2/h8H,4-7,9H2,1-3H3,(H,14,18). The summed E-state index contributed by atoms with van der Waals surface area (Å²) in [4.78, 5) is 2.04. The van der Waals surface area contributed by atoms with Crippen LogP contribution >= 0.6 is 28.1 Å². The Hall–Kier alpha value is -0.620. The van der Waals surface area contributed by atoms with Gasteiger partial charge in [-0.05, 0) is 41.5 Å². The smallest absolute Gasteiger partial charge is 0.169 e. The lowest BCUT2D eigenvalue weighted by Gasteiger charge is -2.21. The molecule has 0 saturated heterocycles. The van der Waals surface area contributed by atoms with E-state index in [4.69, 9.17) is 12.2 Å². The lowest BCUT2D eigenvalue weighted by atomic mass is 10.3. The minimum absolute atomic E-state index is 0.756. The van der Waals surface area contributed by atoms with E-state index in [0.717, 1.165) is 41.3 Å². The maximum atomic E-state index is 5.36. The summed E-state index contributed by atoms with van der Waals surface area (Å²) >= 11 is 8.88. The first kappa shape index (κ1) is 15.4. The Morgan fingerprint density at radius 2 is 2.28 bits per heavy atom. The van der Waals surface area contributed by atoms with Crippen LogP contribution in [-0.2, 0) is 13.1 Å². The highest BCUT2D eigenvalue weighted by atomic mass is 79.9. The minimum atomic E-state index is 0.756. The van der Waals surface area contributed by atoms with Crippen molar-refractivity contribution >= 4 is 33.3 Å². The zero-order chi connectivity index (χ0) is 13.5. The van der Waals surface area contributed by atoms with Crippen molar-refractivity contribution < 1.29 is 0 Å². The fourth-order valence-corrected chi connectivity index (χ4v) is 2.21. The van der Waals surface area contributed by atoms with Crippen LogP contribution in [0.25, 0.3) is 0 Å². The SMILES string of the molecule is CCCCNC(=S)N(C)Cc1c(Br)cnn1CC. The number of aryl methyl sites for hydroxylation is 1. The summed E-state index contributed by atoms with van der Waals surface area (Å²) in [5.74, 6) is 0. The first-order valence-corrected chi connectivity index (χ1v) is 7.49. The molecule has 0 atom stereocenters. The predicted octanol–water partition coefficient (Wildman–Crippen LogP) is 2.77. The van der Waals surface area contributed by atoms with Crippen molar-refractivity contribution in [2.45, 2.75) is 39.8 Å². The number of rotatable bonds is 6. The summed E-state index contributed by atoms with van der Waals surface area (Å²) in [5, 5.41) is 8.36. The number of thiocarbonyl (C=S) groups is 1. The molecule has 0 aliphatic carbocycles. The molecule has 0 aliphatic rings. The largest absolute Gasteiger partial charge is 0.363 e. The Balaban J connectivity index is 2.55. The van der Waals surface area contributed by atoms with E-state index in [1.807, 2.05) is 22.8 Å². The summed E-state index contributed by atoms with van der Waals surface area (Å²) in [6.07, 6.45) is 4.15. The van der Waals surface area contributed by atoms with E-state index in [1.165, 1.54) is 6.42 Å². The van der Waals surface area contributed by atoms with Crippen LogP contribution in [0.2, 0.25) is 0 Å². The molecule has 1 rings (SSSR count). The second kappa shape index (κ2) is 7.74. The second-order valence-corrected chi connectivity index (χ2v) is 5.44. The maximum Gasteiger partial charge on any atom is 0.169 e. The van der Waals surface area contributed by atoms with Gasteiger partial charge in [0.05, 0.1) is 22.9 Å². The molecule has 0 aromatic carbocycles. The molecule has 1 aromatic rings. The van der Waals surface area contributed by atoms with Crippen molar-refractivity contribution in [3.8, 4) is 0 Å². The normalized spacial score (nSPS) is 10.4. The Bertz CT molecular complexity index is 391. The molecule has 0 radical (unpaired) electrons. The average molecular weight is 333 g/mol. The van der Waals surface area contributed by atoms with Gasteiger partial charge in [0.2, 0.25) is 0 Å². The Kier molecular flexibility index (Phi) is 6.63. The maximum absolute atomic E-state index is 5.36. The molecule has 0 bridgehead atoms. The van der Waals surface area contributed by atoms with E-state index >= 15 is 0 Å². The fraction of sp³-hybridized carbons (Fsp3) is 0.667. The van der Waals surface area contributed by atoms with Crippen LogP contribution in [0, 0.1) is 0 Å². The second-order valence-electron chi connectivity index (χ2n) is 4.20. The topological polar surface area (TPSA) is 33.1 Å². The molecule has 18 heavy (non-hydrogen) atoms. The Labute approximate surface area is 123 Å². The molecule has 102 valence electrons. The number of nitrogens with one attached hydrogen (secondary N) is 1. The number of aromatic nitrogens is 2. The van der Waals surface area contributed by atoms with Gasteiger partial charge in [-0.15, -0.1) is 0 Å². The molecule has 1 N–H and O–H groups in total. The zero-order valence-electron chi connectivity index (χ0n) is 11.2. The zero-order valence-corrected chi connectivity index (χ0v) is 13.6. The summed E-state index contributed by atoms with van der Waals surface area (Å²) in [6.45, 7) is 6.82. The van der Waals surface area contributed by atoms with Crippen LogP contribution in [-0.4, -0.2) is 33.4 Å². The molecule has 1 aromatic heterocycles. The van der Waals surface area contributed by atoms with E-state index < -0.39 is 0 Å². The van der Waals surface area contributed by atoms with E-state index in [2.05, 4.69) is 40.2 Å². The molecular weight excluding hydrogens is 312 g/mol. The van der Waals surface area contributed by atoms with Gasteiger partial charge in [-0.3, -0.25) is 4.68 Å². The molecule has 6 heteroatoms. The summed E-state index contributed by atoms with van der Waals surface area (Å²) in [5.41, 5.74) is 1.15. The number of hydrogen-bond acceptors (Lipinski definition) is 2. The monoisotopic (exact) mass is 332 g/mol. The molecule has 4 nitrogen and oxygen atoms in total. The van der Waals surface area contributed by atoms with E-state index in [1.54, 1.807) is 0 Å². The average Bonchev–Trinajstić information content (AvgIpc) is 2.70. The quantitative estimate of drug-likeness (QED) is 0.641. The molecule has 0 aliphatic heterocycles. The van der Waals surface area contributed by atoms with E-state index in [0.29, 0.717) is 0 Å². The van der Waals surface area contributed by atoms with Crippen LogP contribution < -0.4 is 5.32 Å². The number of unbranched alkanes of at least 4 members (excludes halogenated alkanes) is 1. The minimum Gasteiger partial charge on any atom is -0.363 e. The van der Waals surface area contributed by atoms with Crippen LogP contribution in [0.5, 0.6) is 0 Å². The van der Waals surface area contributed by atoms with Crippen LogP contribution in [0.4, 0.5) is 0 Å². The highest BCUT2D eigenvalue weighted by Crippen LogP contribution is 2.17. The van der Waals surface area contributed by atoms with Crippen molar-refractivity contribution in [3.05, 3.63) is 16.4 Å². The van der Waals surface area contributed by atoms with E-state index in [-0.39, 0.29) is 0 Å². The number of nitrogens with zero attached hydrogens (tertiary/aromatic N) is 3. The van der Waals surface area contributed by atoms with Crippen LogP contribution in [0.3, 0.4) is 0 Å². The number of halogens is 1. The van der Waals surface area contributed by atoms with E-state index in [9.17, 15) is 0 Å². The van der Waals surface area contributed by atoms with Crippen LogP contribution in [0.15, 0.2) is 10.7 Å². The first-order valence-electron chi connectivity index (χ1n) is 6.29. The highest BCUT2D eigenvalue weighted by Gasteiger charge is 2.12. The Morgan fingerprint density at radius 3 is 2.89 bits per heavy atom. The summed E-state index contributed by atoms with van der Waals surface area (Å²) in [6, 6.07) is 0. The van der Waals surface area contributed by atoms with Gasteiger partial charge in [0.25, 0.3) is 0 Å². The van der Waals surface area contributed by atoms with Gasteiger partial charge in [-0.25, -0.2) is 0 Å². The van der Waals surface area contributed by atoms with Crippen molar-refractivity contribution in [2.24, 2.45) is 0 Å². The third-order valence-corrected chi connectivity index (χ3v) is 3.86.